The first-order valence-electron chi connectivity index (χ1n) is 8.84. The summed E-state index contributed by atoms with van der Waals surface area (Å²) in [4.78, 5) is 28.7. The molecule has 30 heavy (non-hydrogen) atoms. The molecule has 6 nitrogen and oxygen atoms in total. The van der Waals surface area contributed by atoms with Crippen molar-refractivity contribution >= 4 is 51.9 Å². The smallest absolute Gasteiger partial charge is 0.268 e. The summed E-state index contributed by atoms with van der Waals surface area (Å²) >= 11 is 12.4. The fourth-order valence-corrected chi connectivity index (χ4v) is 3.61. The van der Waals surface area contributed by atoms with Crippen LogP contribution >= 0.6 is 23.2 Å². The van der Waals surface area contributed by atoms with E-state index in [4.69, 9.17) is 23.2 Å². The van der Waals surface area contributed by atoms with Crippen molar-refractivity contribution in [2.75, 3.05) is 0 Å². The van der Waals surface area contributed by atoms with Crippen LogP contribution in [-0.2, 0) is 0 Å². The van der Waals surface area contributed by atoms with Crippen molar-refractivity contribution in [3.8, 4) is 5.69 Å². The van der Waals surface area contributed by atoms with Crippen molar-refractivity contribution in [1.29, 1.82) is 0 Å². The number of para-hydroxylation sites is 2. The highest BCUT2D eigenvalue weighted by atomic mass is 35.5. The number of nitro benzene ring substituents is 1. The summed E-state index contributed by atoms with van der Waals surface area (Å²) in [5.41, 5.74) is 0.941. The lowest BCUT2D eigenvalue weighted by Crippen LogP contribution is -2.22. The van der Waals surface area contributed by atoms with Crippen LogP contribution in [-0.4, -0.2) is 14.5 Å². The average Bonchev–Trinajstić information content (AvgIpc) is 2.73. The maximum absolute atomic E-state index is 13.3. The fourth-order valence-electron chi connectivity index (χ4n) is 3.12. The summed E-state index contributed by atoms with van der Waals surface area (Å²) in [6.45, 7) is 0. The van der Waals surface area contributed by atoms with Gasteiger partial charge in [-0.05, 0) is 48.6 Å². The van der Waals surface area contributed by atoms with Gasteiger partial charge in [-0.25, -0.2) is 4.98 Å². The van der Waals surface area contributed by atoms with E-state index >= 15 is 0 Å². The molecule has 0 aliphatic rings. The number of aromatic nitrogens is 2. The zero-order valence-electron chi connectivity index (χ0n) is 15.3. The third-order valence-electron chi connectivity index (χ3n) is 4.50. The van der Waals surface area contributed by atoms with Gasteiger partial charge < -0.3 is 0 Å². The van der Waals surface area contributed by atoms with Gasteiger partial charge in [0.05, 0.1) is 32.1 Å². The van der Waals surface area contributed by atoms with Gasteiger partial charge in [0.25, 0.3) is 11.2 Å². The van der Waals surface area contributed by atoms with Crippen LogP contribution in [0.4, 0.5) is 5.69 Å². The molecule has 0 bridgehead atoms. The van der Waals surface area contributed by atoms with Crippen LogP contribution in [0.1, 0.15) is 11.4 Å². The standard InChI is InChI=1S/C22H13Cl2N3O3/c23-15-10-11-20(17(24)13-15)26-21(25-18-7-3-2-6-16(18)22(26)28)12-9-14-5-1-4-8-19(14)27(29)30/h1-13H/b12-9+. The van der Waals surface area contributed by atoms with E-state index in [9.17, 15) is 14.9 Å². The van der Waals surface area contributed by atoms with Crippen molar-refractivity contribution in [3.05, 3.63) is 109 Å². The molecule has 0 spiro atoms. The number of fused-ring (bicyclic) bond motifs is 1. The lowest BCUT2D eigenvalue weighted by molar-refractivity contribution is -0.385. The Hall–Kier alpha value is -3.48. The molecular weight excluding hydrogens is 425 g/mol. The van der Waals surface area contributed by atoms with Gasteiger partial charge in [-0.3, -0.25) is 19.5 Å². The lowest BCUT2D eigenvalue weighted by atomic mass is 10.1. The van der Waals surface area contributed by atoms with E-state index in [1.165, 1.54) is 16.7 Å². The second kappa shape index (κ2) is 8.10. The first-order valence-corrected chi connectivity index (χ1v) is 9.60. The molecule has 1 heterocycles. The Balaban J connectivity index is 1.97. The minimum Gasteiger partial charge on any atom is -0.268 e. The second-order valence-electron chi connectivity index (χ2n) is 6.37. The number of benzene rings is 3. The molecule has 8 heteroatoms. The molecule has 1 aromatic heterocycles. The van der Waals surface area contributed by atoms with Gasteiger partial charge in [0, 0.05) is 11.1 Å². The summed E-state index contributed by atoms with van der Waals surface area (Å²) in [6, 6.07) is 18.1. The van der Waals surface area contributed by atoms with Gasteiger partial charge in [0.2, 0.25) is 0 Å². The minimum absolute atomic E-state index is 0.0482. The highest BCUT2D eigenvalue weighted by Gasteiger charge is 2.15. The Kier molecular flexibility index (Phi) is 5.35. The number of hydrogen-bond acceptors (Lipinski definition) is 4. The molecule has 0 fully saturated rings. The monoisotopic (exact) mass is 437 g/mol. The third-order valence-corrected chi connectivity index (χ3v) is 5.04. The minimum atomic E-state index is -0.462. The Bertz CT molecular complexity index is 1380. The molecule has 0 saturated carbocycles. The van der Waals surface area contributed by atoms with E-state index < -0.39 is 4.92 Å². The fraction of sp³-hybridized carbons (Fsp3) is 0. The molecule has 0 aliphatic carbocycles. The summed E-state index contributed by atoms with van der Waals surface area (Å²) in [5, 5.41) is 12.4. The van der Waals surface area contributed by atoms with Crippen molar-refractivity contribution in [2.45, 2.75) is 0 Å². The average molecular weight is 438 g/mol. The van der Waals surface area contributed by atoms with Gasteiger partial charge in [0.1, 0.15) is 5.82 Å². The topological polar surface area (TPSA) is 78.0 Å². The molecule has 4 aromatic rings. The highest BCUT2D eigenvalue weighted by molar-refractivity contribution is 6.35. The van der Waals surface area contributed by atoms with Crippen molar-refractivity contribution in [2.24, 2.45) is 0 Å². The highest BCUT2D eigenvalue weighted by Crippen LogP contribution is 2.26. The Labute approximate surface area is 180 Å². The second-order valence-corrected chi connectivity index (χ2v) is 7.22. The van der Waals surface area contributed by atoms with E-state index in [0.717, 1.165) is 0 Å². The molecule has 0 amide bonds. The van der Waals surface area contributed by atoms with Gasteiger partial charge >= 0.3 is 0 Å². The van der Waals surface area contributed by atoms with Crippen LogP contribution in [0.5, 0.6) is 0 Å². The van der Waals surface area contributed by atoms with Crippen LogP contribution < -0.4 is 5.56 Å². The molecule has 0 saturated heterocycles. The summed E-state index contributed by atoms with van der Waals surface area (Å²) in [6.07, 6.45) is 3.11. The zero-order valence-corrected chi connectivity index (χ0v) is 16.8. The van der Waals surface area contributed by atoms with Crippen LogP contribution in [0.2, 0.25) is 10.0 Å². The van der Waals surface area contributed by atoms with Gasteiger partial charge in [-0.15, -0.1) is 0 Å². The molecule has 3 aromatic carbocycles. The molecular formula is C22H13Cl2N3O3. The molecule has 0 radical (unpaired) electrons. The number of halogens is 2. The van der Waals surface area contributed by atoms with Crippen molar-refractivity contribution in [1.82, 2.24) is 9.55 Å². The number of rotatable bonds is 4. The maximum Gasteiger partial charge on any atom is 0.276 e. The zero-order chi connectivity index (χ0) is 21.3. The normalized spacial score (nSPS) is 11.3. The summed E-state index contributed by atoms with van der Waals surface area (Å²) in [7, 11) is 0. The number of nitrogens with zero attached hydrogens (tertiary/aromatic N) is 3. The summed E-state index contributed by atoms with van der Waals surface area (Å²) < 4.78 is 1.37. The molecule has 0 aliphatic heterocycles. The Morgan fingerprint density at radius 2 is 1.70 bits per heavy atom. The molecule has 0 N–H and O–H groups in total. The van der Waals surface area contributed by atoms with E-state index in [0.29, 0.717) is 27.2 Å². The molecule has 4 rings (SSSR count). The molecule has 0 unspecified atom stereocenters. The van der Waals surface area contributed by atoms with Crippen molar-refractivity contribution in [3.63, 3.8) is 0 Å². The predicted octanol–water partition coefficient (Wildman–Crippen LogP) is 5.77. The summed E-state index contributed by atoms with van der Waals surface area (Å²) in [5.74, 6) is 0.279. The quantitative estimate of drug-likeness (QED) is 0.299. The van der Waals surface area contributed by atoms with Crippen LogP contribution in [0, 0.1) is 10.1 Å². The third kappa shape index (κ3) is 3.70. The first-order chi connectivity index (χ1) is 14.5. The van der Waals surface area contributed by atoms with Crippen LogP contribution in [0.25, 0.3) is 28.7 Å². The molecule has 0 atom stereocenters. The van der Waals surface area contributed by atoms with E-state index in [-0.39, 0.29) is 22.1 Å². The SMILES string of the molecule is O=c1c2ccccc2nc(/C=C/c2ccccc2[N+](=O)[O-])n1-c1ccc(Cl)cc1Cl. The van der Waals surface area contributed by atoms with Gasteiger partial charge in [0.15, 0.2) is 0 Å². The lowest BCUT2D eigenvalue weighted by Gasteiger charge is -2.13. The largest absolute Gasteiger partial charge is 0.276 e. The Morgan fingerprint density at radius 3 is 2.47 bits per heavy atom. The van der Waals surface area contributed by atoms with E-state index in [1.807, 2.05) is 0 Å². The number of nitro groups is 1. The number of hydrogen-bond donors (Lipinski definition) is 0. The Morgan fingerprint density at radius 1 is 0.967 bits per heavy atom. The maximum atomic E-state index is 13.3. The van der Waals surface area contributed by atoms with E-state index in [2.05, 4.69) is 4.98 Å². The molecule has 148 valence electrons. The van der Waals surface area contributed by atoms with Crippen LogP contribution in [0.15, 0.2) is 71.5 Å². The van der Waals surface area contributed by atoms with Crippen molar-refractivity contribution < 1.29 is 4.92 Å². The predicted molar refractivity (Wildman–Crippen MR) is 119 cm³/mol. The van der Waals surface area contributed by atoms with Gasteiger partial charge in [-0.2, -0.15) is 0 Å². The van der Waals surface area contributed by atoms with Crippen LogP contribution in [0.3, 0.4) is 0 Å². The van der Waals surface area contributed by atoms with Gasteiger partial charge in [-0.1, -0.05) is 47.5 Å². The first kappa shape index (κ1) is 19.8. The van der Waals surface area contributed by atoms with E-state index in [1.54, 1.807) is 66.7 Å².